The van der Waals surface area contributed by atoms with Crippen LogP contribution in [-0.4, -0.2) is 29.1 Å². The Hall–Kier alpha value is -1.43. The lowest BCUT2D eigenvalue weighted by Gasteiger charge is -2.01. The molecule has 1 aromatic heterocycles. The highest BCUT2D eigenvalue weighted by molar-refractivity contribution is 5.77. The smallest absolute Gasteiger partial charge is 0.246 e. The summed E-state index contributed by atoms with van der Waals surface area (Å²) in [6.07, 6.45) is 0. The maximum atomic E-state index is 11.1. The summed E-state index contributed by atoms with van der Waals surface area (Å²) in [5.74, 6) is 0.913. The van der Waals surface area contributed by atoms with Crippen molar-refractivity contribution in [1.82, 2.24) is 20.8 Å². The van der Waals surface area contributed by atoms with Crippen LogP contribution in [0.1, 0.15) is 18.6 Å². The van der Waals surface area contributed by atoms with Crippen LogP contribution in [0.4, 0.5) is 0 Å². The molecule has 0 aliphatic carbocycles. The summed E-state index contributed by atoms with van der Waals surface area (Å²) in [6.45, 7) is 5.03. The van der Waals surface area contributed by atoms with Crippen LogP contribution in [-0.2, 0) is 11.3 Å². The second-order valence-corrected chi connectivity index (χ2v) is 2.79. The number of nitrogens with zero attached hydrogens (tertiary/aromatic N) is 2. The van der Waals surface area contributed by atoms with Gasteiger partial charge in [0.05, 0.1) is 13.1 Å². The Labute approximate surface area is 82.1 Å². The number of carbonyl (C=O) groups is 1. The maximum Gasteiger partial charge on any atom is 0.246 e. The van der Waals surface area contributed by atoms with Crippen molar-refractivity contribution in [2.75, 3.05) is 13.1 Å². The number of aryl methyl sites for hydroxylation is 1. The van der Waals surface area contributed by atoms with E-state index in [9.17, 15) is 4.79 Å². The molecule has 0 spiro atoms. The summed E-state index contributed by atoms with van der Waals surface area (Å²) in [6, 6.07) is 0. The number of aromatic nitrogens is 2. The minimum absolute atomic E-state index is 0.0808. The van der Waals surface area contributed by atoms with Gasteiger partial charge in [0.25, 0.3) is 0 Å². The molecule has 2 N–H and O–H groups in total. The Bertz CT molecular complexity index is 297. The van der Waals surface area contributed by atoms with Crippen molar-refractivity contribution >= 4 is 5.91 Å². The number of rotatable bonds is 5. The molecular weight excluding hydrogens is 184 g/mol. The first kappa shape index (κ1) is 10.6. The number of nitrogens with one attached hydrogen (secondary N) is 2. The highest BCUT2D eigenvalue weighted by atomic mass is 16.5. The van der Waals surface area contributed by atoms with E-state index in [0.717, 1.165) is 6.54 Å². The Kier molecular flexibility index (Phi) is 4.06. The highest BCUT2D eigenvalue weighted by Gasteiger charge is 2.04. The predicted octanol–water partition coefficient (Wildman–Crippen LogP) is -0.396. The van der Waals surface area contributed by atoms with Crippen LogP contribution in [0, 0.1) is 6.92 Å². The summed E-state index contributed by atoms with van der Waals surface area (Å²) >= 11 is 0. The molecule has 6 nitrogen and oxygen atoms in total. The topological polar surface area (TPSA) is 80.0 Å². The Balaban J connectivity index is 2.23. The quantitative estimate of drug-likeness (QED) is 0.673. The molecule has 0 saturated heterocycles. The van der Waals surface area contributed by atoms with Gasteiger partial charge >= 0.3 is 0 Å². The van der Waals surface area contributed by atoms with E-state index in [2.05, 4.69) is 20.8 Å². The monoisotopic (exact) mass is 198 g/mol. The highest BCUT2D eigenvalue weighted by Crippen LogP contribution is 1.93. The van der Waals surface area contributed by atoms with Gasteiger partial charge in [0.2, 0.25) is 11.8 Å². The molecule has 1 amide bonds. The van der Waals surface area contributed by atoms with Gasteiger partial charge < -0.3 is 15.2 Å². The fourth-order valence-corrected chi connectivity index (χ4v) is 0.887. The van der Waals surface area contributed by atoms with E-state index in [1.165, 1.54) is 0 Å². The average Bonchev–Trinajstić information content (AvgIpc) is 2.58. The molecule has 0 unspecified atom stereocenters. The SMILES string of the molecule is CCNCC(=O)NCc1nc(C)no1. The van der Waals surface area contributed by atoms with Crippen LogP contribution >= 0.6 is 0 Å². The minimum Gasteiger partial charge on any atom is -0.346 e. The molecule has 0 aromatic carbocycles. The zero-order valence-corrected chi connectivity index (χ0v) is 8.33. The number of amides is 1. The maximum absolute atomic E-state index is 11.1. The summed E-state index contributed by atoms with van der Waals surface area (Å²) in [7, 11) is 0. The van der Waals surface area contributed by atoms with E-state index in [0.29, 0.717) is 18.3 Å². The van der Waals surface area contributed by atoms with E-state index >= 15 is 0 Å². The summed E-state index contributed by atoms with van der Waals surface area (Å²) in [4.78, 5) is 15.1. The van der Waals surface area contributed by atoms with Gasteiger partial charge in [-0.25, -0.2) is 0 Å². The fourth-order valence-electron chi connectivity index (χ4n) is 0.887. The van der Waals surface area contributed by atoms with Crippen molar-refractivity contribution in [2.24, 2.45) is 0 Å². The lowest BCUT2D eigenvalue weighted by molar-refractivity contribution is -0.120. The van der Waals surface area contributed by atoms with Gasteiger partial charge in [0, 0.05) is 0 Å². The van der Waals surface area contributed by atoms with Crippen molar-refractivity contribution in [1.29, 1.82) is 0 Å². The second-order valence-electron chi connectivity index (χ2n) is 2.79. The predicted molar refractivity (Wildman–Crippen MR) is 49.4 cm³/mol. The third-order valence-electron chi connectivity index (χ3n) is 1.54. The molecule has 0 fully saturated rings. The van der Waals surface area contributed by atoms with Crippen molar-refractivity contribution in [2.45, 2.75) is 20.4 Å². The lowest BCUT2D eigenvalue weighted by Crippen LogP contribution is -2.33. The Morgan fingerprint density at radius 1 is 1.57 bits per heavy atom. The molecule has 0 radical (unpaired) electrons. The Morgan fingerprint density at radius 3 is 2.93 bits per heavy atom. The van der Waals surface area contributed by atoms with Gasteiger partial charge in [-0.1, -0.05) is 12.1 Å². The van der Waals surface area contributed by atoms with E-state index in [-0.39, 0.29) is 12.5 Å². The van der Waals surface area contributed by atoms with Gasteiger partial charge in [-0.05, 0) is 13.5 Å². The summed E-state index contributed by atoms with van der Waals surface area (Å²) in [5.41, 5.74) is 0. The summed E-state index contributed by atoms with van der Waals surface area (Å²) in [5, 5.41) is 9.16. The minimum atomic E-state index is -0.0808. The van der Waals surface area contributed by atoms with Crippen LogP contribution in [0.3, 0.4) is 0 Å². The van der Waals surface area contributed by atoms with Crippen LogP contribution < -0.4 is 10.6 Å². The van der Waals surface area contributed by atoms with E-state index in [1.807, 2.05) is 6.92 Å². The van der Waals surface area contributed by atoms with Gasteiger partial charge in [0.15, 0.2) is 5.82 Å². The number of likely N-dealkylation sites (N-methyl/N-ethyl adjacent to an activating group) is 1. The first-order chi connectivity index (χ1) is 6.72. The van der Waals surface area contributed by atoms with Gasteiger partial charge in [0.1, 0.15) is 0 Å². The van der Waals surface area contributed by atoms with Crippen molar-refractivity contribution < 1.29 is 9.32 Å². The van der Waals surface area contributed by atoms with Gasteiger partial charge in [-0.2, -0.15) is 4.98 Å². The largest absolute Gasteiger partial charge is 0.346 e. The zero-order valence-electron chi connectivity index (χ0n) is 8.33. The molecule has 0 aliphatic rings. The third-order valence-corrected chi connectivity index (χ3v) is 1.54. The number of hydrogen-bond donors (Lipinski definition) is 2. The molecule has 14 heavy (non-hydrogen) atoms. The number of hydrogen-bond acceptors (Lipinski definition) is 5. The average molecular weight is 198 g/mol. The molecular formula is C8H14N4O2. The molecule has 6 heteroatoms. The van der Waals surface area contributed by atoms with Crippen LogP contribution in [0.2, 0.25) is 0 Å². The summed E-state index contributed by atoms with van der Waals surface area (Å²) < 4.78 is 4.82. The van der Waals surface area contributed by atoms with Crippen LogP contribution in [0.5, 0.6) is 0 Å². The fraction of sp³-hybridized carbons (Fsp3) is 0.625. The molecule has 0 saturated carbocycles. The van der Waals surface area contributed by atoms with Gasteiger partial charge in [-0.15, -0.1) is 0 Å². The first-order valence-corrected chi connectivity index (χ1v) is 4.49. The normalized spacial score (nSPS) is 10.1. The molecule has 1 heterocycles. The third kappa shape index (κ3) is 3.53. The lowest BCUT2D eigenvalue weighted by atomic mass is 10.5. The molecule has 0 aliphatic heterocycles. The number of carbonyl (C=O) groups excluding carboxylic acids is 1. The van der Waals surface area contributed by atoms with E-state index in [1.54, 1.807) is 6.92 Å². The second kappa shape index (κ2) is 5.33. The molecule has 0 bridgehead atoms. The molecule has 1 rings (SSSR count). The standard InChI is InChI=1S/C8H14N4O2/c1-3-9-4-7(13)10-5-8-11-6(2)12-14-8/h9H,3-5H2,1-2H3,(H,10,13). The van der Waals surface area contributed by atoms with Crippen molar-refractivity contribution in [3.63, 3.8) is 0 Å². The first-order valence-electron chi connectivity index (χ1n) is 4.49. The Morgan fingerprint density at radius 2 is 2.36 bits per heavy atom. The zero-order chi connectivity index (χ0) is 10.4. The van der Waals surface area contributed by atoms with Gasteiger partial charge in [-0.3, -0.25) is 4.79 Å². The van der Waals surface area contributed by atoms with E-state index in [4.69, 9.17) is 4.52 Å². The molecule has 78 valence electrons. The van der Waals surface area contributed by atoms with E-state index < -0.39 is 0 Å². The van der Waals surface area contributed by atoms with Crippen LogP contribution in [0.15, 0.2) is 4.52 Å². The molecule has 0 atom stereocenters. The van der Waals surface area contributed by atoms with Crippen molar-refractivity contribution in [3.05, 3.63) is 11.7 Å². The molecule has 1 aromatic rings. The van der Waals surface area contributed by atoms with Crippen molar-refractivity contribution in [3.8, 4) is 0 Å². The van der Waals surface area contributed by atoms with Crippen LogP contribution in [0.25, 0.3) is 0 Å².